The maximum atomic E-state index is 12.9. The Morgan fingerprint density at radius 2 is 2.12 bits per heavy atom. The van der Waals surface area contributed by atoms with Crippen molar-refractivity contribution in [2.75, 3.05) is 38.8 Å². The quantitative estimate of drug-likeness (QED) is 0.698. The van der Waals surface area contributed by atoms with E-state index in [1.165, 1.54) is 23.7 Å². The number of amides is 1. The standard InChI is InChI=1S/C16H21FN4O2S/c1-21(11-15(22)18-8-3-9-23-2)16-19-14(20-24-16)10-12-4-6-13(17)7-5-12/h4-7H,3,8-11H2,1-2H3,(H,18,22). The van der Waals surface area contributed by atoms with Gasteiger partial charge in [-0.05, 0) is 24.1 Å². The van der Waals surface area contributed by atoms with Gasteiger partial charge in [0.2, 0.25) is 11.0 Å². The zero-order valence-electron chi connectivity index (χ0n) is 13.8. The molecule has 6 nitrogen and oxygen atoms in total. The number of methoxy groups -OCH3 is 1. The van der Waals surface area contributed by atoms with Crippen LogP contribution >= 0.6 is 11.5 Å². The first kappa shape index (κ1) is 18.3. The fourth-order valence-electron chi connectivity index (χ4n) is 2.04. The molecule has 8 heteroatoms. The number of nitrogens with one attached hydrogen (secondary N) is 1. The van der Waals surface area contributed by atoms with Crippen molar-refractivity contribution in [1.82, 2.24) is 14.7 Å². The van der Waals surface area contributed by atoms with Gasteiger partial charge in [-0.1, -0.05) is 12.1 Å². The van der Waals surface area contributed by atoms with Gasteiger partial charge in [-0.25, -0.2) is 9.37 Å². The van der Waals surface area contributed by atoms with Gasteiger partial charge in [-0.3, -0.25) is 4.79 Å². The summed E-state index contributed by atoms with van der Waals surface area (Å²) in [4.78, 5) is 18.0. The number of benzene rings is 1. The van der Waals surface area contributed by atoms with Gasteiger partial charge in [0.05, 0.1) is 6.54 Å². The summed E-state index contributed by atoms with van der Waals surface area (Å²) in [6, 6.07) is 6.27. The molecule has 2 rings (SSSR count). The van der Waals surface area contributed by atoms with Gasteiger partial charge >= 0.3 is 0 Å². The van der Waals surface area contributed by atoms with E-state index in [1.807, 2.05) is 0 Å². The molecule has 1 N–H and O–H groups in total. The number of carbonyl (C=O) groups is 1. The van der Waals surface area contributed by atoms with E-state index in [4.69, 9.17) is 4.74 Å². The first-order valence-electron chi connectivity index (χ1n) is 7.62. The highest BCUT2D eigenvalue weighted by Gasteiger charge is 2.12. The monoisotopic (exact) mass is 352 g/mol. The number of nitrogens with zero attached hydrogens (tertiary/aromatic N) is 3. The lowest BCUT2D eigenvalue weighted by Gasteiger charge is -2.14. The third-order valence-electron chi connectivity index (χ3n) is 3.29. The first-order valence-corrected chi connectivity index (χ1v) is 8.39. The maximum Gasteiger partial charge on any atom is 0.239 e. The van der Waals surface area contributed by atoms with E-state index in [0.29, 0.717) is 30.5 Å². The van der Waals surface area contributed by atoms with Crippen LogP contribution in [0.1, 0.15) is 17.8 Å². The second-order valence-electron chi connectivity index (χ2n) is 5.35. The largest absolute Gasteiger partial charge is 0.385 e. The molecule has 0 aliphatic heterocycles. The molecular formula is C16H21FN4O2S. The number of likely N-dealkylation sites (N-methyl/N-ethyl adjacent to an activating group) is 1. The molecular weight excluding hydrogens is 331 g/mol. The predicted octanol–water partition coefficient (Wildman–Crippen LogP) is 1.86. The van der Waals surface area contributed by atoms with Crippen LogP contribution in [-0.2, 0) is 16.0 Å². The highest BCUT2D eigenvalue weighted by atomic mass is 32.1. The van der Waals surface area contributed by atoms with Crippen LogP contribution < -0.4 is 10.2 Å². The normalized spacial score (nSPS) is 10.6. The zero-order valence-corrected chi connectivity index (χ0v) is 14.6. The van der Waals surface area contributed by atoms with Gasteiger partial charge in [0, 0.05) is 45.3 Å². The minimum Gasteiger partial charge on any atom is -0.385 e. The van der Waals surface area contributed by atoms with Crippen LogP contribution in [0.25, 0.3) is 0 Å². The van der Waals surface area contributed by atoms with E-state index < -0.39 is 0 Å². The number of rotatable bonds is 9. The number of ether oxygens (including phenoxy) is 1. The van der Waals surface area contributed by atoms with Crippen LogP contribution in [0.5, 0.6) is 0 Å². The van der Waals surface area contributed by atoms with Gasteiger partial charge in [0.1, 0.15) is 11.6 Å². The van der Waals surface area contributed by atoms with Gasteiger partial charge in [-0.2, -0.15) is 4.37 Å². The summed E-state index contributed by atoms with van der Waals surface area (Å²) in [5.41, 5.74) is 0.944. The molecule has 1 amide bonds. The van der Waals surface area contributed by atoms with Crippen molar-refractivity contribution in [3.63, 3.8) is 0 Å². The fraction of sp³-hybridized carbons (Fsp3) is 0.438. The number of aromatic nitrogens is 2. The Morgan fingerprint density at radius 1 is 1.38 bits per heavy atom. The molecule has 0 bridgehead atoms. The zero-order chi connectivity index (χ0) is 17.4. The molecule has 2 aromatic rings. The van der Waals surface area contributed by atoms with Crippen LogP contribution in [0.2, 0.25) is 0 Å². The van der Waals surface area contributed by atoms with Gasteiger partial charge in [0.15, 0.2) is 0 Å². The molecule has 0 saturated carbocycles. The summed E-state index contributed by atoms with van der Waals surface area (Å²) in [5.74, 6) is 0.333. The van der Waals surface area contributed by atoms with Gasteiger partial charge in [-0.15, -0.1) is 0 Å². The lowest BCUT2D eigenvalue weighted by molar-refractivity contribution is -0.119. The number of anilines is 1. The highest BCUT2D eigenvalue weighted by Crippen LogP contribution is 2.17. The van der Waals surface area contributed by atoms with Gasteiger partial charge in [0.25, 0.3) is 0 Å². The Labute approximate surface area is 144 Å². The van der Waals surface area contributed by atoms with Crippen molar-refractivity contribution in [2.24, 2.45) is 0 Å². The molecule has 0 saturated heterocycles. The van der Waals surface area contributed by atoms with Crippen LogP contribution in [0.4, 0.5) is 9.52 Å². The second-order valence-corrected chi connectivity index (χ2v) is 6.08. The molecule has 1 heterocycles. The van der Waals surface area contributed by atoms with Gasteiger partial charge < -0.3 is 15.0 Å². The Bertz CT molecular complexity index is 648. The average molecular weight is 352 g/mol. The van der Waals surface area contributed by atoms with E-state index in [0.717, 1.165) is 12.0 Å². The Balaban J connectivity index is 1.83. The van der Waals surface area contributed by atoms with E-state index in [9.17, 15) is 9.18 Å². The molecule has 130 valence electrons. The molecule has 1 aromatic carbocycles. The lowest BCUT2D eigenvalue weighted by atomic mass is 10.1. The van der Waals surface area contributed by atoms with Crippen molar-refractivity contribution < 1.29 is 13.9 Å². The summed E-state index contributed by atoms with van der Waals surface area (Å²) in [6.07, 6.45) is 1.32. The van der Waals surface area contributed by atoms with E-state index >= 15 is 0 Å². The summed E-state index contributed by atoms with van der Waals surface area (Å²) >= 11 is 1.24. The summed E-state index contributed by atoms with van der Waals surface area (Å²) < 4.78 is 22.1. The fourth-order valence-corrected chi connectivity index (χ4v) is 2.68. The Morgan fingerprint density at radius 3 is 2.83 bits per heavy atom. The van der Waals surface area contributed by atoms with Crippen molar-refractivity contribution >= 4 is 22.6 Å². The summed E-state index contributed by atoms with van der Waals surface area (Å²) in [5, 5.41) is 3.51. The van der Waals surface area contributed by atoms with E-state index in [2.05, 4.69) is 14.7 Å². The number of hydrogen-bond donors (Lipinski definition) is 1. The smallest absolute Gasteiger partial charge is 0.239 e. The summed E-state index contributed by atoms with van der Waals surface area (Å²) in [6.45, 7) is 1.43. The SMILES string of the molecule is COCCCNC(=O)CN(C)c1nc(Cc2ccc(F)cc2)ns1. The van der Waals surface area contributed by atoms with Crippen LogP contribution in [0.15, 0.2) is 24.3 Å². The van der Waals surface area contributed by atoms with Crippen LogP contribution in [-0.4, -0.2) is 49.1 Å². The second kappa shape index (κ2) is 9.29. The van der Waals surface area contributed by atoms with Crippen molar-refractivity contribution in [3.8, 4) is 0 Å². The molecule has 0 radical (unpaired) electrons. The van der Waals surface area contributed by atoms with Crippen molar-refractivity contribution in [2.45, 2.75) is 12.8 Å². The number of carbonyl (C=O) groups excluding carboxylic acids is 1. The molecule has 24 heavy (non-hydrogen) atoms. The van der Waals surface area contributed by atoms with Crippen LogP contribution in [0, 0.1) is 5.82 Å². The van der Waals surface area contributed by atoms with Crippen molar-refractivity contribution in [1.29, 1.82) is 0 Å². The topological polar surface area (TPSA) is 67.3 Å². The average Bonchev–Trinajstić information content (AvgIpc) is 3.02. The molecule has 0 fully saturated rings. The molecule has 1 aromatic heterocycles. The minimum atomic E-state index is -0.262. The van der Waals surface area contributed by atoms with Crippen LogP contribution in [0.3, 0.4) is 0 Å². The third kappa shape index (κ3) is 5.86. The molecule has 0 unspecified atom stereocenters. The Hall–Kier alpha value is -2.06. The molecule has 0 aliphatic carbocycles. The molecule has 0 spiro atoms. The minimum absolute atomic E-state index is 0.0658. The number of halogens is 1. The van der Waals surface area contributed by atoms with E-state index in [1.54, 1.807) is 31.2 Å². The first-order chi connectivity index (χ1) is 11.6. The third-order valence-corrected chi connectivity index (χ3v) is 4.16. The van der Waals surface area contributed by atoms with Crippen molar-refractivity contribution in [3.05, 3.63) is 41.5 Å². The number of hydrogen-bond acceptors (Lipinski definition) is 6. The summed E-state index contributed by atoms with van der Waals surface area (Å²) in [7, 11) is 3.44. The lowest BCUT2D eigenvalue weighted by Crippen LogP contribution is -2.35. The highest BCUT2D eigenvalue weighted by molar-refractivity contribution is 7.09. The molecule has 0 atom stereocenters. The van der Waals surface area contributed by atoms with E-state index in [-0.39, 0.29) is 18.3 Å². The Kier molecular flexibility index (Phi) is 7.07. The maximum absolute atomic E-state index is 12.9. The predicted molar refractivity (Wildman–Crippen MR) is 91.9 cm³/mol. The molecule has 0 aliphatic rings.